The van der Waals surface area contributed by atoms with Gasteiger partial charge in [0.15, 0.2) is 0 Å². The minimum absolute atomic E-state index is 0.123. The lowest BCUT2D eigenvalue weighted by Crippen LogP contribution is -2.43. The zero-order valence-corrected chi connectivity index (χ0v) is 10.3. The molecule has 3 nitrogen and oxygen atoms in total. The summed E-state index contributed by atoms with van der Waals surface area (Å²) in [5.74, 6) is 2.30. The fourth-order valence-electron chi connectivity index (χ4n) is 1.12. The first-order valence-corrected chi connectivity index (χ1v) is 5.18. The molecule has 0 spiro atoms. The largest absolute Gasteiger partial charge is 0.459 e. The number of carbonyl (C=O) groups excluding carboxylic acids is 1. The summed E-state index contributed by atoms with van der Waals surface area (Å²) >= 11 is 0. The summed E-state index contributed by atoms with van der Waals surface area (Å²) in [6.07, 6.45) is 5.78. The van der Waals surface area contributed by atoms with Crippen LogP contribution in [-0.4, -0.2) is 23.7 Å². The number of hydrogen-bond donors (Lipinski definition) is 1. The Bertz CT molecular complexity index is 247. The van der Waals surface area contributed by atoms with Gasteiger partial charge in [-0.25, -0.2) is 0 Å². The summed E-state index contributed by atoms with van der Waals surface area (Å²) in [4.78, 5) is 11.6. The van der Waals surface area contributed by atoms with Crippen LogP contribution in [0.15, 0.2) is 0 Å². The van der Waals surface area contributed by atoms with Gasteiger partial charge in [0.2, 0.25) is 0 Å². The second-order valence-corrected chi connectivity index (χ2v) is 4.73. The van der Waals surface area contributed by atoms with Crippen LogP contribution < -0.4 is 5.32 Å². The van der Waals surface area contributed by atoms with E-state index in [0.717, 1.165) is 0 Å². The number of ether oxygens (including phenoxy) is 1. The number of hydrogen-bond acceptors (Lipinski definition) is 3. The van der Waals surface area contributed by atoms with Crippen LogP contribution >= 0.6 is 0 Å². The first kappa shape index (κ1) is 14.0. The molecule has 0 bridgehead atoms. The molecule has 2 unspecified atom stereocenters. The van der Waals surface area contributed by atoms with Crippen LogP contribution in [0.3, 0.4) is 0 Å². The van der Waals surface area contributed by atoms with E-state index in [1.165, 1.54) is 0 Å². The molecule has 86 valence electrons. The minimum atomic E-state index is -0.442. The molecule has 0 heterocycles. The third-order valence-electron chi connectivity index (χ3n) is 1.72. The Morgan fingerprint density at radius 3 is 2.40 bits per heavy atom. The fraction of sp³-hybridized carbons (Fsp3) is 0.750. The predicted octanol–water partition coefficient (Wildman–Crippen LogP) is 1.72. The number of rotatable bonds is 4. The second kappa shape index (κ2) is 5.77. The monoisotopic (exact) mass is 211 g/mol. The number of nitrogens with one attached hydrogen (secondary N) is 1. The smallest absolute Gasteiger partial charge is 0.323 e. The molecule has 0 aromatic rings. The lowest BCUT2D eigenvalue weighted by Gasteiger charge is -2.24. The summed E-state index contributed by atoms with van der Waals surface area (Å²) < 4.78 is 5.23. The lowest BCUT2D eigenvalue weighted by molar-refractivity contribution is -0.157. The summed E-state index contributed by atoms with van der Waals surface area (Å²) in [5, 5.41) is 3.09. The van der Waals surface area contributed by atoms with Gasteiger partial charge in [-0.15, -0.1) is 12.3 Å². The van der Waals surface area contributed by atoms with Crippen molar-refractivity contribution in [3.8, 4) is 12.3 Å². The Morgan fingerprint density at radius 2 is 2.00 bits per heavy atom. The van der Waals surface area contributed by atoms with Gasteiger partial charge >= 0.3 is 5.97 Å². The third-order valence-corrected chi connectivity index (χ3v) is 1.72. The van der Waals surface area contributed by atoms with Gasteiger partial charge in [-0.05, 0) is 34.6 Å². The second-order valence-electron chi connectivity index (χ2n) is 4.73. The Labute approximate surface area is 92.6 Å². The highest BCUT2D eigenvalue weighted by Gasteiger charge is 2.22. The van der Waals surface area contributed by atoms with Crippen molar-refractivity contribution in [2.75, 3.05) is 0 Å². The molecule has 0 aliphatic rings. The molecule has 0 fully saturated rings. The fourth-order valence-corrected chi connectivity index (χ4v) is 1.12. The van der Waals surface area contributed by atoms with Gasteiger partial charge in [0.1, 0.15) is 11.6 Å². The van der Waals surface area contributed by atoms with Crippen molar-refractivity contribution in [3.63, 3.8) is 0 Å². The van der Waals surface area contributed by atoms with Crippen LogP contribution in [0, 0.1) is 12.3 Å². The van der Waals surface area contributed by atoms with Crippen LogP contribution in [-0.2, 0) is 9.53 Å². The average molecular weight is 211 g/mol. The van der Waals surface area contributed by atoms with E-state index in [1.807, 2.05) is 27.7 Å². The number of terminal acetylenes is 1. The molecule has 15 heavy (non-hydrogen) atoms. The Kier molecular flexibility index (Phi) is 5.38. The van der Waals surface area contributed by atoms with Crippen molar-refractivity contribution in [1.82, 2.24) is 5.32 Å². The Hall–Kier alpha value is -1.01. The van der Waals surface area contributed by atoms with Crippen molar-refractivity contribution in [1.29, 1.82) is 0 Å². The highest BCUT2D eigenvalue weighted by Crippen LogP contribution is 2.08. The van der Waals surface area contributed by atoms with E-state index in [9.17, 15) is 4.79 Å². The molecular formula is C12H21NO2. The van der Waals surface area contributed by atoms with Gasteiger partial charge in [-0.2, -0.15) is 0 Å². The summed E-state index contributed by atoms with van der Waals surface area (Å²) in [5.41, 5.74) is -0.442. The quantitative estimate of drug-likeness (QED) is 0.568. The van der Waals surface area contributed by atoms with Crippen molar-refractivity contribution in [2.24, 2.45) is 0 Å². The van der Waals surface area contributed by atoms with Crippen LogP contribution in [0.25, 0.3) is 0 Å². The molecule has 0 saturated heterocycles. The number of esters is 1. The minimum Gasteiger partial charge on any atom is -0.459 e. The number of carbonyl (C=O) groups is 1. The standard InChI is InChI=1S/C12H21NO2/c1-7-8-9(2)13-10(3)11(14)15-12(4,5)6/h1,9-10,13H,8H2,2-6H3. The van der Waals surface area contributed by atoms with Gasteiger partial charge in [-0.1, -0.05) is 0 Å². The van der Waals surface area contributed by atoms with Crippen LogP contribution in [0.5, 0.6) is 0 Å². The first-order valence-electron chi connectivity index (χ1n) is 5.18. The first-order chi connectivity index (χ1) is 6.76. The van der Waals surface area contributed by atoms with Gasteiger partial charge in [-0.3, -0.25) is 4.79 Å². The molecule has 0 rings (SSSR count). The maximum absolute atomic E-state index is 11.6. The molecule has 1 N–H and O–H groups in total. The zero-order chi connectivity index (χ0) is 12.1. The Morgan fingerprint density at radius 1 is 1.47 bits per heavy atom. The average Bonchev–Trinajstić information content (AvgIpc) is 2.00. The van der Waals surface area contributed by atoms with E-state index in [0.29, 0.717) is 6.42 Å². The molecule has 0 aliphatic carbocycles. The Balaban J connectivity index is 4.06. The molecule has 0 aromatic carbocycles. The highest BCUT2D eigenvalue weighted by atomic mass is 16.6. The van der Waals surface area contributed by atoms with E-state index >= 15 is 0 Å². The van der Waals surface area contributed by atoms with E-state index in [4.69, 9.17) is 11.2 Å². The molecule has 3 heteroatoms. The van der Waals surface area contributed by atoms with Crippen LogP contribution in [0.2, 0.25) is 0 Å². The van der Waals surface area contributed by atoms with Gasteiger partial charge in [0.05, 0.1) is 0 Å². The maximum atomic E-state index is 11.6. The van der Waals surface area contributed by atoms with E-state index in [1.54, 1.807) is 6.92 Å². The summed E-state index contributed by atoms with van der Waals surface area (Å²) in [6, 6.07) is -0.204. The highest BCUT2D eigenvalue weighted by molar-refractivity contribution is 5.75. The van der Waals surface area contributed by atoms with Crippen molar-refractivity contribution in [2.45, 2.75) is 58.7 Å². The van der Waals surface area contributed by atoms with Crippen molar-refractivity contribution in [3.05, 3.63) is 0 Å². The molecule has 0 amide bonds. The normalized spacial score (nSPS) is 15.2. The van der Waals surface area contributed by atoms with Gasteiger partial charge in [0, 0.05) is 12.5 Å². The van der Waals surface area contributed by atoms with Crippen molar-refractivity contribution >= 4 is 5.97 Å². The molecule has 0 radical (unpaired) electrons. The summed E-state index contributed by atoms with van der Waals surface area (Å²) in [7, 11) is 0. The lowest BCUT2D eigenvalue weighted by atomic mass is 10.2. The van der Waals surface area contributed by atoms with E-state index in [2.05, 4.69) is 11.2 Å². The van der Waals surface area contributed by atoms with Crippen LogP contribution in [0.1, 0.15) is 41.0 Å². The molecule has 2 atom stereocenters. The SMILES string of the molecule is C#CCC(C)NC(C)C(=O)OC(C)(C)C. The topological polar surface area (TPSA) is 38.3 Å². The summed E-state index contributed by atoms with van der Waals surface area (Å²) in [6.45, 7) is 9.27. The molecule has 0 aromatic heterocycles. The van der Waals surface area contributed by atoms with Gasteiger partial charge in [0.25, 0.3) is 0 Å². The van der Waals surface area contributed by atoms with E-state index in [-0.39, 0.29) is 18.1 Å². The predicted molar refractivity (Wildman–Crippen MR) is 61.4 cm³/mol. The third kappa shape index (κ3) is 6.98. The van der Waals surface area contributed by atoms with Gasteiger partial charge < -0.3 is 10.1 Å². The molecule has 0 saturated carbocycles. The zero-order valence-electron chi connectivity index (χ0n) is 10.3. The van der Waals surface area contributed by atoms with Crippen molar-refractivity contribution < 1.29 is 9.53 Å². The van der Waals surface area contributed by atoms with E-state index < -0.39 is 5.60 Å². The molecule has 0 aliphatic heterocycles. The maximum Gasteiger partial charge on any atom is 0.323 e. The van der Waals surface area contributed by atoms with Crippen LogP contribution in [0.4, 0.5) is 0 Å². The molecular weight excluding hydrogens is 190 g/mol.